The molecule has 0 saturated carbocycles. The first kappa shape index (κ1) is 27.5. The first-order chi connectivity index (χ1) is 19.5. The molecule has 2 N–H and O–H groups in total. The lowest BCUT2D eigenvalue weighted by Crippen LogP contribution is -2.19. The predicted octanol–water partition coefficient (Wildman–Crippen LogP) is 8.20. The number of ether oxygens (including phenoxy) is 1. The van der Waals surface area contributed by atoms with Crippen molar-refractivity contribution in [3.05, 3.63) is 125 Å². The Morgan fingerprint density at radius 1 is 0.900 bits per heavy atom. The van der Waals surface area contributed by atoms with Crippen molar-refractivity contribution in [3.8, 4) is 17.0 Å². The molecule has 1 unspecified atom stereocenters. The Morgan fingerprint density at radius 2 is 1.65 bits per heavy atom. The van der Waals surface area contributed by atoms with E-state index in [9.17, 15) is 9.59 Å². The molecule has 2 amide bonds. The van der Waals surface area contributed by atoms with Gasteiger partial charge < -0.3 is 15.4 Å². The molecule has 4 aromatic carbocycles. The van der Waals surface area contributed by atoms with E-state index in [1.807, 2.05) is 84.2 Å². The standard InChI is InChI=1S/C31H24ClN3O3S2/c1-38-27-13-6-5-12-25(27)26-19-39-31(34-26)35-30(37)28(20-8-3-2-4-9-20)40-24-16-14-23(15-17-24)33-29(36)21-10-7-11-22(32)18-21/h2-19,28H,1H3,(H,33,36)(H,34,35,37). The fourth-order valence-electron chi connectivity index (χ4n) is 3.97. The van der Waals surface area contributed by atoms with Crippen molar-refractivity contribution in [1.29, 1.82) is 0 Å². The summed E-state index contributed by atoms with van der Waals surface area (Å²) in [6.45, 7) is 0. The van der Waals surface area contributed by atoms with E-state index in [0.717, 1.165) is 27.5 Å². The maximum atomic E-state index is 13.5. The number of methoxy groups -OCH3 is 1. The van der Waals surface area contributed by atoms with E-state index in [4.69, 9.17) is 16.3 Å². The van der Waals surface area contributed by atoms with E-state index >= 15 is 0 Å². The van der Waals surface area contributed by atoms with Gasteiger partial charge in [0.1, 0.15) is 11.0 Å². The summed E-state index contributed by atoms with van der Waals surface area (Å²) in [6, 6.07) is 31.4. The molecular formula is C31H24ClN3O3S2. The van der Waals surface area contributed by atoms with Crippen LogP contribution in [0.3, 0.4) is 0 Å². The van der Waals surface area contributed by atoms with Crippen LogP contribution in [0.5, 0.6) is 5.75 Å². The number of halogens is 1. The van der Waals surface area contributed by atoms with Gasteiger partial charge in [0, 0.05) is 32.1 Å². The maximum absolute atomic E-state index is 13.5. The van der Waals surface area contributed by atoms with Crippen LogP contribution in [0, 0.1) is 0 Å². The summed E-state index contributed by atoms with van der Waals surface area (Å²) in [4.78, 5) is 31.6. The largest absolute Gasteiger partial charge is 0.496 e. The van der Waals surface area contributed by atoms with Crippen LogP contribution in [-0.4, -0.2) is 23.9 Å². The van der Waals surface area contributed by atoms with Crippen molar-refractivity contribution in [2.24, 2.45) is 0 Å². The van der Waals surface area contributed by atoms with Crippen molar-refractivity contribution >= 4 is 57.3 Å². The monoisotopic (exact) mass is 585 g/mol. The van der Waals surface area contributed by atoms with E-state index in [1.54, 1.807) is 31.4 Å². The molecule has 1 aromatic heterocycles. The van der Waals surface area contributed by atoms with Crippen LogP contribution in [0.1, 0.15) is 21.2 Å². The van der Waals surface area contributed by atoms with Gasteiger partial charge in [-0.05, 0) is 60.2 Å². The van der Waals surface area contributed by atoms with Crippen molar-refractivity contribution in [2.75, 3.05) is 17.7 Å². The molecule has 9 heteroatoms. The number of para-hydroxylation sites is 1. The van der Waals surface area contributed by atoms with E-state index in [1.165, 1.54) is 23.1 Å². The Labute approximate surface area is 245 Å². The average molecular weight is 586 g/mol. The summed E-state index contributed by atoms with van der Waals surface area (Å²) >= 11 is 8.79. The summed E-state index contributed by atoms with van der Waals surface area (Å²) in [7, 11) is 1.62. The number of thioether (sulfide) groups is 1. The van der Waals surface area contributed by atoms with Gasteiger partial charge in [-0.1, -0.05) is 60.1 Å². The van der Waals surface area contributed by atoms with Crippen LogP contribution in [0.4, 0.5) is 10.8 Å². The van der Waals surface area contributed by atoms with Crippen molar-refractivity contribution in [1.82, 2.24) is 4.98 Å². The second-order valence-corrected chi connectivity index (χ2v) is 11.1. The summed E-state index contributed by atoms with van der Waals surface area (Å²) in [5, 5.41) is 8.24. The molecule has 0 aliphatic carbocycles. The number of nitrogens with one attached hydrogen (secondary N) is 2. The van der Waals surface area contributed by atoms with E-state index in [2.05, 4.69) is 15.6 Å². The molecule has 0 aliphatic rings. The molecule has 200 valence electrons. The van der Waals surface area contributed by atoms with Gasteiger partial charge in [-0.25, -0.2) is 4.98 Å². The first-order valence-corrected chi connectivity index (χ1v) is 14.4. The predicted molar refractivity (Wildman–Crippen MR) is 164 cm³/mol. The number of hydrogen-bond donors (Lipinski definition) is 2. The van der Waals surface area contributed by atoms with Crippen LogP contribution >= 0.6 is 34.7 Å². The lowest BCUT2D eigenvalue weighted by molar-refractivity contribution is -0.115. The molecular weight excluding hydrogens is 562 g/mol. The van der Waals surface area contributed by atoms with Crippen LogP contribution < -0.4 is 15.4 Å². The van der Waals surface area contributed by atoms with Crippen LogP contribution in [0.25, 0.3) is 11.3 Å². The number of carbonyl (C=O) groups excluding carboxylic acids is 2. The van der Waals surface area contributed by atoms with E-state index in [-0.39, 0.29) is 11.8 Å². The van der Waals surface area contributed by atoms with Crippen molar-refractivity contribution in [2.45, 2.75) is 10.1 Å². The van der Waals surface area contributed by atoms with Crippen LogP contribution in [0.15, 0.2) is 113 Å². The molecule has 5 aromatic rings. The third-order valence-corrected chi connectivity index (χ3v) is 8.17. The van der Waals surface area contributed by atoms with Crippen LogP contribution in [-0.2, 0) is 4.79 Å². The fourth-order valence-corrected chi connectivity index (χ4v) is 5.90. The number of thiazole rings is 1. The highest BCUT2D eigenvalue weighted by atomic mass is 35.5. The van der Waals surface area contributed by atoms with Gasteiger partial charge in [-0.2, -0.15) is 0 Å². The maximum Gasteiger partial charge on any atom is 0.255 e. The van der Waals surface area contributed by atoms with Gasteiger partial charge in [0.05, 0.1) is 12.8 Å². The van der Waals surface area contributed by atoms with Crippen molar-refractivity contribution in [3.63, 3.8) is 0 Å². The summed E-state index contributed by atoms with van der Waals surface area (Å²) < 4.78 is 5.45. The lowest BCUT2D eigenvalue weighted by atomic mass is 10.1. The van der Waals surface area contributed by atoms with E-state index < -0.39 is 5.25 Å². The molecule has 1 atom stereocenters. The zero-order valence-electron chi connectivity index (χ0n) is 21.3. The fraction of sp³-hybridized carbons (Fsp3) is 0.0645. The van der Waals surface area contributed by atoms with Crippen molar-refractivity contribution < 1.29 is 14.3 Å². The smallest absolute Gasteiger partial charge is 0.255 e. The number of anilines is 2. The average Bonchev–Trinajstić information content (AvgIpc) is 3.45. The molecule has 0 aliphatic heterocycles. The number of hydrogen-bond acceptors (Lipinski definition) is 6. The Kier molecular flexibility index (Phi) is 8.81. The Morgan fingerprint density at radius 3 is 2.40 bits per heavy atom. The highest BCUT2D eigenvalue weighted by Gasteiger charge is 2.23. The van der Waals surface area contributed by atoms with E-state index in [0.29, 0.717) is 21.4 Å². The molecule has 1 heterocycles. The van der Waals surface area contributed by atoms with Gasteiger partial charge in [0.15, 0.2) is 5.13 Å². The third-order valence-electron chi connectivity index (χ3n) is 5.91. The lowest BCUT2D eigenvalue weighted by Gasteiger charge is -2.16. The normalized spacial score (nSPS) is 11.4. The number of aromatic nitrogens is 1. The molecule has 0 spiro atoms. The minimum absolute atomic E-state index is 0.185. The minimum atomic E-state index is -0.522. The molecule has 6 nitrogen and oxygen atoms in total. The molecule has 0 fully saturated rings. The highest BCUT2D eigenvalue weighted by Crippen LogP contribution is 2.38. The second kappa shape index (κ2) is 12.8. The number of amides is 2. The number of nitrogens with zero attached hydrogens (tertiary/aromatic N) is 1. The first-order valence-electron chi connectivity index (χ1n) is 12.3. The van der Waals surface area contributed by atoms with Gasteiger partial charge >= 0.3 is 0 Å². The van der Waals surface area contributed by atoms with Gasteiger partial charge in [-0.15, -0.1) is 23.1 Å². The zero-order valence-corrected chi connectivity index (χ0v) is 23.7. The summed E-state index contributed by atoms with van der Waals surface area (Å²) in [6.07, 6.45) is 0. The molecule has 0 bridgehead atoms. The third kappa shape index (κ3) is 6.71. The number of rotatable bonds is 9. The summed E-state index contributed by atoms with van der Waals surface area (Å²) in [5.74, 6) is 0.284. The Hall–Kier alpha value is -4.11. The molecule has 40 heavy (non-hydrogen) atoms. The Bertz CT molecular complexity index is 1620. The second-order valence-electron chi connectivity index (χ2n) is 8.62. The number of carbonyl (C=O) groups is 2. The zero-order chi connectivity index (χ0) is 27.9. The molecule has 0 saturated heterocycles. The van der Waals surface area contributed by atoms with Gasteiger partial charge in [0.2, 0.25) is 5.91 Å². The number of benzene rings is 4. The van der Waals surface area contributed by atoms with Gasteiger partial charge in [-0.3, -0.25) is 9.59 Å². The SMILES string of the molecule is COc1ccccc1-c1csc(NC(=O)C(Sc2ccc(NC(=O)c3cccc(Cl)c3)cc2)c2ccccc2)n1. The minimum Gasteiger partial charge on any atom is -0.496 e. The highest BCUT2D eigenvalue weighted by molar-refractivity contribution is 8.00. The van der Waals surface area contributed by atoms with Crippen LogP contribution in [0.2, 0.25) is 5.02 Å². The molecule has 5 rings (SSSR count). The quantitative estimate of drug-likeness (QED) is 0.170. The molecule has 0 radical (unpaired) electrons. The topological polar surface area (TPSA) is 80.3 Å². The summed E-state index contributed by atoms with van der Waals surface area (Å²) in [5.41, 5.74) is 3.57. The van der Waals surface area contributed by atoms with Gasteiger partial charge in [0.25, 0.3) is 5.91 Å². The Balaban J connectivity index is 1.30.